The lowest BCUT2D eigenvalue weighted by molar-refractivity contribution is 0.115. The number of hydrogen-bond donors (Lipinski definition) is 1. The number of halogens is 1. The van der Waals surface area contributed by atoms with Crippen molar-refractivity contribution in [2.45, 2.75) is 25.5 Å². The molecule has 6 rings (SSSR count). The average molecular weight is 512 g/mol. The number of aromatic nitrogens is 3. The summed E-state index contributed by atoms with van der Waals surface area (Å²) in [6.45, 7) is 2.62. The maximum absolute atomic E-state index is 13.7. The molecule has 194 valence electrons. The van der Waals surface area contributed by atoms with Crippen molar-refractivity contribution in [3.63, 3.8) is 0 Å². The monoisotopic (exact) mass is 511 g/mol. The molecule has 1 N–H and O–H groups in total. The number of benzene rings is 3. The molecule has 0 aliphatic carbocycles. The maximum atomic E-state index is 13.7. The highest BCUT2D eigenvalue weighted by atomic mass is 19.1. The Balaban J connectivity index is 1.31. The minimum atomic E-state index is -0.223. The van der Waals surface area contributed by atoms with Gasteiger partial charge in [0.2, 0.25) is 0 Å². The second kappa shape index (κ2) is 10.3. The van der Waals surface area contributed by atoms with Crippen LogP contribution in [0, 0.1) is 5.82 Å². The van der Waals surface area contributed by atoms with E-state index in [0.29, 0.717) is 18.1 Å². The van der Waals surface area contributed by atoms with Crippen molar-refractivity contribution in [2.75, 3.05) is 32.6 Å². The second-order valence-electron chi connectivity index (χ2n) is 9.83. The third-order valence-electron chi connectivity index (χ3n) is 7.15. The van der Waals surface area contributed by atoms with E-state index in [2.05, 4.69) is 50.0 Å². The summed E-state index contributed by atoms with van der Waals surface area (Å²) in [5.41, 5.74) is 3.65. The number of nitrogens with zero attached hydrogens (tertiary/aromatic N) is 4. The van der Waals surface area contributed by atoms with E-state index in [-0.39, 0.29) is 11.9 Å². The van der Waals surface area contributed by atoms with Gasteiger partial charge in [-0.1, -0.05) is 12.1 Å². The molecule has 0 saturated carbocycles. The van der Waals surface area contributed by atoms with Gasteiger partial charge in [0.25, 0.3) is 0 Å². The molecule has 0 amide bonds. The van der Waals surface area contributed by atoms with E-state index in [1.54, 1.807) is 25.6 Å². The molecule has 8 heteroatoms. The van der Waals surface area contributed by atoms with Crippen molar-refractivity contribution in [1.82, 2.24) is 19.4 Å². The average Bonchev–Trinajstić information content (AvgIpc) is 3.31. The van der Waals surface area contributed by atoms with Crippen LogP contribution in [0.15, 0.2) is 73.2 Å². The van der Waals surface area contributed by atoms with Gasteiger partial charge in [0, 0.05) is 54.6 Å². The van der Waals surface area contributed by atoms with Crippen LogP contribution in [0.3, 0.4) is 0 Å². The van der Waals surface area contributed by atoms with Crippen molar-refractivity contribution in [2.24, 2.45) is 0 Å². The Bertz CT molecular complexity index is 1590. The molecular weight excluding hydrogens is 481 g/mol. The predicted octanol–water partition coefficient (Wildman–Crippen LogP) is 6.00. The van der Waals surface area contributed by atoms with E-state index in [4.69, 9.17) is 9.47 Å². The van der Waals surface area contributed by atoms with Gasteiger partial charge in [-0.15, -0.1) is 0 Å². The van der Waals surface area contributed by atoms with Crippen LogP contribution in [0.5, 0.6) is 11.5 Å². The van der Waals surface area contributed by atoms with E-state index < -0.39 is 0 Å². The van der Waals surface area contributed by atoms with Gasteiger partial charge in [-0.2, -0.15) is 0 Å². The summed E-state index contributed by atoms with van der Waals surface area (Å²) in [5, 5.41) is 5.40. The molecular formula is C30H30FN5O2. The van der Waals surface area contributed by atoms with Crippen LogP contribution in [0.1, 0.15) is 18.4 Å². The minimum Gasteiger partial charge on any atom is -0.497 e. The van der Waals surface area contributed by atoms with Crippen molar-refractivity contribution in [3.8, 4) is 11.5 Å². The molecule has 1 saturated heterocycles. The fraction of sp³-hybridized carbons (Fsp3) is 0.267. The highest BCUT2D eigenvalue weighted by molar-refractivity contribution is 5.97. The topological polar surface area (TPSA) is 64.4 Å². The van der Waals surface area contributed by atoms with Crippen molar-refractivity contribution in [1.29, 1.82) is 0 Å². The molecule has 38 heavy (non-hydrogen) atoms. The lowest BCUT2D eigenvalue weighted by Crippen LogP contribution is -2.35. The zero-order valence-electron chi connectivity index (χ0n) is 21.5. The molecule has 1 aliphatic rings. The molecule has 1 aliphatic heterocycles. The van der Waals surface area contributed by atoms with Crippen LogP contribution in [0.2, 0.25) is 0 Å². The Morgan fingerprint density at radius 1 is 1.03 bits per heavy atom. The molecule has 0 atom stereocenters. The molecule has 1 fully saturated rings. The Hall–Kier alpha value is -4.17. The summed E-state index contributed by atoms with van der Waals surface area (Å²) in [6.07, 6.45) is 5.64. The van der Waals surface area contributed by atoms with Crippen molar-refractivity contribution in [3.05, 3.63) is 84.6 Å². The number of anilines is 2. The molecule has 0 radical (unpaired) electrons. The fourth-order valence-corrected chi connectivity index (χ4v) is 5.10. The summed E-state index contributed by atoms with van der Waals surface area (Å²) >= 11 is 0. The zero-order chi connectivity index (χ0) is 26.1. The van der Waals surface area contributed by atoms with E-state index in [1.807, 2.05) is 30.5 Å². The number of rotatable bonds is 7. The van der Waals surface area contributed by atoms with Crippen LogP contribution in [-0.4, -0.2) is 52.8 Å². The van der Waals surface area contributed by atoms with Gasteiger partial charge >= 0.3 is 0 Å². The first-order valence-electron chi connectivity index (χ1n) is 12.8. The largest absolute Gasteiger partial charge is 0.497 e. The normalized spacial score (nSPS) is 14.7. The lowest BCUT2D eigenvalue weighted by Gasteiger charge is -2.29. The minimum absolute atomic E-state index is 0.128. The number of likely N-dealkylation sites (tertiary alicyclic amines) is 1. The zero-order valence-corrected chi connectivity index (χ0v) is 21.5. The SMILES string of the molecule is COc1cc(OC2CCN(C)CC2)c2c(Nc3ccc4c(ccn4Cc4cccc(F)c4)c3)ncnc2c1. The molecule has 0 spiro atoms. The van der Waals surface area contributed by atoms with Gasteiger partial charge in [0.05, 0.1) is 18.0 Å². The summed E-state index contributed by atoms with van der Waals surface area (Å²) in [5.74, 6) is 1.88. The number of ether oxygens (including phenoxy) is 2. The standard InChI is InChI=1S/C30H30FN5O2/c1-35-11-9-24(10-12-35)38-28-17-25(37-2)16-26-29(28)30(33-19-32-26)34-23-6-7-27-21(15-23)8-13-36(27)18-20-4-3-5-22(31)14-20/h3-8,13-17,19,24H,9-12,18H2,1-2H3,(H,32,33,34). The molecule has 5 aromatic rings. The molecule has 3 aromatic carbocycles. The van der Waals surface area contributed by atoms with E-state index in [0.717, 1.165) is 64.7 Å². The number of methoxy groups -OCH3 is 1. The first-order chi connectivity index (χ1) is 18.6. The summed E-state index contributed by atoms with van der Waals surface area (Å²) in [7, 11) is 3.79. The van der Waals surface area contributed by atoms with Gasteiger partial charge in [0.15, 0.2) is 0 Å². The van der Waals surface area contributed by atoms with Crippen LogP contribution in [-0.2, 0) is 6.54 Å². The Morgan fingerprint density at radius 2 is 1.89 bits per heavy atom. The lowest BCUT2D eigenvalue weighted by atomic mass is 10.1. The third kappa shape index (κ3) is 4.99. The number of fused-ring (bicyclic) bond motifs is 2. The van der Waals surface area contributed by atoms with Crippen LogP contribution >= 0.6 is 0 Å². The van der Waals surface area contributed by atoms with E-state index in [9.17, 15) is 4.39 Å². The number of nitrogens with one attached hydrogen (secondary N) is 1. The maximum Gasteiger partial charge on any atom is 0.145 e. The quantitative estimate of drug-likeness (QED) is 0.289. The highest BCUT2D eigenvalue weighted by Gasteiger charge is 2.21. The van der Waals surface area contributed by atoms with Crippen molar-refractivity contribution < 1.29 is 13.9 Å². The molecule has 0 unspecified atom stereocenters. The number of piperidine rings is 1. The van der Waals surface area contributed by atoms with Crippen molar-refractivity contribution >= 4 is 33.3 Å². The first-order valence-corrected chi connectivity index (χ1v) is 12.8. The molecule has 0 bridgehead atoms. The van der Waals surface area contributed by atoms with E-state index >= 15 is 0 Å². The van der Waals surface area contributed by atoms with Crippen LogP contribution in [0.25, 0.3) is 21.8 Å². The van der Waals surface area contributed by atoms with Crippen LogP contribution < -0.4 is 14.8 Å². The van der Waals surface area contributed by atoms with E-state index in [1.165, 1.54) is 6.07 Å². The van der Waals surface area contributed by atoms with Gasteiger partial charge in [-0.3, -0.25) is 0 Å². The number of hydrogen-bond acceptors (Lipinski definition) is 6. The molecule has 3 heterocycles. The van der Waals surface area contributed by atoms with Gasteiger partial charge in [-0.25, -0.2) is 14.4 Å². The third-order valence-corrected chi connectivity index (χ3v) is 7.15. The van der Waals surface area contributed by atoms with Gasteiger partial charge < -0.3 is 24.3 Å². The first kappa shape index (κ1) is 24.2. The summed E-state index contributed by atoms with van der Waals surface area (Å²) in [6, 6.07) is 18.8. The molecule has 7 nitrogen and oxygen atoms in total. The van der Waals surface area contributed by atoms with Gasteiger partial charge in [-0.05, 0) is 61.9 Å². The van der Waals surface area contributed by atoms with Gasteiger partial charge in [0.1, 0.15) is 35.6 Å². The Kier molecular flexibility index (Phi) is 6.55. The Morgan fingerprint density at radius 3 is 2.71 bits per heavy atom. The Labute approximate surface area is 220 Å². The highest BCUT2D eigenvalue weighted by Crippen LogP contribution is 2.37. The second-order valence-corrected chi connectivity index (χ2v) is 9.83. The summed E-state index contributed by atoms with van der Waals surface area (Å²) in [4.78, 5) is 11.4. The summed E-state index contributed by atoms with van der Waals surface area (Å²) < 4.78 is 27.8. The smallest absolute Gasteiger partial charge is 0.145 e. The molecule has 2 aromatic heterocycles. The fourth-order valence-electron chi connectivity index (χ4n) is 5.10. The van der Waals surface area contributed by atoms with Crippen LogP contribution in [0.4, 0.5) is 15.9 Å². The predicted molar refractivity (Wildman–Crippen MR) is 148 cm³/mol.